The van der Waals surface area contributed by atoms with Crippen molar-refractivity contribution in [2.45, 2.75) is 24.7 Å². The SMILES string of the molecule is CC(C)c1ccc(/C=N\NC(=O)CN(c2ccc(Cl)cc2Cl)S(=O)(=O)c2ccccc2)cc1. The summed E-state index contributed by atoms with van der Waals surface area (Å²) in [7, 11) is -4.08. The van der Waals surface area contributed by atoms with Crippen molar-refractivity contribution < 1.29 is 13.2 Å². The van der Waals surface area contributed by atoms with Crippen LogP contribution in [0.2, 0.25) is 10.0 Å². The lowest BCUT2D eigenvalue weighted by molar-refractivity contribution is -0.119. The van der Waals surface area contributed by atoms with E-state index in [1.165, 1.54) is 42.1 Å². The number of hydrogen-bond acceptors (Lipinski definition) is 4. The van der Waals surface area contributed by atoms with Gasteiger partial charge in [0.05, 0.1) is 21.8 Å². The van der Waals surface area contributed by atoms with Crippen molar-refractivity contribution in [1.29, 1.82) is 0 Å². The van der Waals surface area contributed by atoms with Crippen LogP contribution in [0.5, 0.6) is 0 Å². The Morgan fingerprint density at radius 3 is 2.30 bits per heavy atom. The van der Waals surface area contributed by atoms with Crippen molar-refractivity contribution in [2.24, 2.45) is 5.10 Å². The second-order valence-corrected chi connectivity index (χ2v) is 10.2. The number of nitrogens with zero attached hydrogens (tertiary/aromatic N) is 2. The molecule has 0 spiro atoms. The Labute approximate surface area is 203 Å². The summed E-state index contributed by atoms with van der Waals surface area (Å²) in [4.78, 5) is 12.6. The normalized spacial score (nSPS) is 11.7. The second-order valence-electron chi connectivity index (χ2n) is 7.54. The minimum Gasteiger partial charge on any atom is -0.271 e. The van der Waals surface area contributed by atoms with Crippen LogP contribution in [0.25, 0.3) is 0 Å². The number of anilines is 1. The minimum absolute atomic E-state index is 0.0255. The zero-order chi connectivity index (χ0) is 24.0. The highest BCUT2D eigenvalue weighted by molar-refractivity contribution is 7.92. The molecule has 0 aromatic heterocycles. The zero-order valence-electron chi connectivity index (χ0n) is 18.1. The van der Waals surface area contributed by atoms with E-state index in [1.807, 2.05) is 24.3 Å². The summed E-state index contributed by atoms with van der Waals surface area (Å²) in [6.45, 7) is 3.68. The fourth-order valence-electron chi connectivity index (χ4n) is 3.01. The van der Waals surface area contributed by atoms with Crippen LogP contribution in [-0.2, 0) is 14.8 Å². The molecule has 0 heterocycles. The summed E-state index contributed by atoms with van der Waals surface area (Å²) >= 11 is 12.2. The van der Waals surface area contributed by atoms with E-state index in [0.717, 1.165) is 9.87 Å². The summed E-state index contributed by atoms with van der Waals surface area (Å²) in [6, 6.07) is 19.9. The number of benzene rings is 3. The third-order valence-corrected chi connectivity index (χ3v) is 7.11. The summed E-state index contributed by atoms with van der Waals surface area (Å²) in [5.74, 6) is -0.219. The third-order valence-electron chi connectivity index (χ3n) is 4.80. The molecule has 0 fully saturated rings. The smallest absolute Gasteiger partial charge is 0.264 e. The maximum Gasteiger partial charge on any atom is 0.264 e. The number of halogens is 2. The molecule has 6 nitrogen and oxygen atoms in total. The van der Waals surface area contributed by atoms with Crippen molar-refractivity contribution in [3.05, 3.63) is 94.0 Å². The molecule has 3 aromatic rings. The number of carbonyl (C=O) groups is 1. The fourth-order valence-corrected chi connectivity index (χ4v) is 5.04. The Morgan fingerprint density at radius 1 is 1.03 bits per heavy atom. The van der Waals surface area contributed by atoms with Gasteiger partial charge in [0.1, 0.15) is 6.54 Å². The van der Waals surface area contributed by atoms with Gasteiger partial charge in [0.15, 0.2) is 0 Å². The number of carbonyl (C=O) groups excluding carboxylic acids is 1. The van der Waals surface area contributed by atoms with E-state index in [1.54, 1.807) is 18.2 Å². The summed E-state index contributed by atoms with van der Waals surface area (Å²) < 4.78 is 27.5. The Balaban J connectivity index is 1.82. The average molecular weight is 504 g/mol. The number of sulfonamides is 1. The van der Waals surface area contributed by atoms with Gasteiger partial charge in [0.2, 0.25) is 0 Å². The Morgan fingerprint density at radius 2 is 1.70 bits per heavy atom. The summed E-state index contributed by atoms with van der Waals surface area (Å²) in [5.41, 5.74) is 4.50. The lowest BCUT2D eigenvalue weighted by Crippen LogP contribution is -2.39. The molecule has 33 heavy (non-hydrogen) atoms. The maximum absolute atomic E-state index is 13.3. The van der Waals surface area contributed by atoms with Crippen molar-refractivity contribution in [2.75, 3.05) is 10.8 Å². The average Bonchev–Trinajstić information content (AvgIpc) is 2.79. The molecule has 0 bridgehead atoms. The fraction of sp³-hybridized carbons (Fsp3) is 0.167. The molecular weight excluding hydrogens is 481 g/mol. The zero-order valence-corrected chi connectivity index (χ0v) is 20.4. The first kappa shape index (κ1) is 24.8. The standard InChI is InChI=1S/C24H23Cl2N3O3S/c1-17(2)19-10-8-18(9-11-19)15-27-28-24(30)16-29(23-13-12-20(25)14-22(23)26)33(31,32)21-6-4-3-5-7-21/h3-15,17H,16H2,1-2H3,(H,28,30)/b27-15-. The molecule has 0 saturated carbocycles. The molecule has 3 rings (SSSR count). The molecule has 0 atom stereocenters. The molecule has 9 heteroatoms. The van der Waals surface area contributed by atoms with Crippen LogP contribution >= 0.6 is 23.2 Å². The van der Waals surface area contributed by atoms with E-state index in [0.29, 0.717) is 10.9 Å². The van der Waals surface area contributed by atoms with Crippen LogP contribution in [0.15, 0.2) is 82.8 Å². The van der Waals surface area contributed by atoms with Gasteiger partial charge in [-0.15, -0.1) is 0 Å². The molecule has 0 unspecified atom stereocenters. The second kappa shape index (κ2) is 10.8. The van der Waals surface area contributed by atoms with E-state index in [2.05, 4.69) is 24.4 Å². The summed E-state index contributed by atoms with van der Waals surface area (Å²) in [6.07, 6.45) is 1.49. The maximum atomic E-state index is 13.3. The largest absolute Gasteiger partial charge is 0.271 e. The van der Waals surface area contributed by atoms with Crippen LogP contribution in [0.1, 0.15) is 30.9 Å². The topological polar surface area (TPSA) is 78.8 Å². The van der Waals surface area contributed by atoms with Gasteiger partial charge >= 0.3 is 0 Å². The molecule has 172 valence electrons. The number of hydrazone groups is 1. The van der Waals surface area contributed by atoms with E-state index in [4.69, 9.17) is 23.2 Å². The van der Waals surface area contributed by atoms with Gasteiger partial charge in [-0.05, 0) is 47.4 Å². The van der Waals surface area contributed by atoms with Gasteiger partial charge in [-0.25, -0.2) is 13.8 Å². The number of amides is 1. The highest BCUT2D eigenvalue weighted by Gasteiger charge is 2.28. The molecule has 3 aromatic carbocycles. The van der Waals surface area contributed by atoms with Crippen molar-refractivity contribution in [3.8, 4) is 0 Å². The molecule has 0 radical (unpaired) electrons. The molecular formula is C24H23Cl2N3O3S. The van der Waals surface area contributed by atoms with Crippen LogP contribution in [-0.4, -0.2) is 27.1 Å². The van der Waals surface area contributed by atoms with Gasteiger partial charge in [-0.2, -0.15) is 5.10 Å². The first-order valence-corrected chi connectivity index (χ1v) is 12.3. The van der Waals surface area contributed by atoms with E-state index < -0.39 is 22.5 Å². The van der Waals surface area contributed by atoms with E-state index >= 15 is 0 Å². The lowest BCUT2D eigenvalue weighted by Gasteiger charge is -2.24. The Bertz CT molecular complexity index is 1250. The van der Waals surface area contributed by atoms with Gasteiger partial charge in [0, 0.05) is 5.02 Å². The van der Waals surface area contributed by atoms with Crippen LogP contribution in [0, 0.1) is 0 Å². The molecule has 1 amide bonds. The Kier molecular flexibility index (Phi) is 8.13. The number of rotatable bonds is 8. The highest BCUT2D eigenvalue weighted by Crippen LogP contribution is 2.32. The molecule has 0 aliphatic heterocycles. The molecule has 0 saturated heterocycles. The predicted octanol–water partition coefficient (Wildman–Crippen LogP) is 5.46. The van der Waals surface area contributed by atoms with Crippen molar-refractivity contribution >= 4 is 51.0 Å². The van der Waals surface area contributed by atoms with Crippen LogP contribution in [0.4, 0.5) is 5.69 Å². The number of hydrogen-bond donors (Lipinski definition) is 1. The highest BCUT2D eigenvalue weighted by atomic mass is 35.5. The van der Waals surface area contributed by atoms with E-state index in [-0.39, 0.29) is 15.6 Å². The van der Waals surface area contributed by atoms with Crippen LogP contribution < -0.4 is 9.73 Å². The number of nitrogens with one attached hydrogen (secondary N) is 1. The van der Waals surface area contributed by atoms with Gasteiger partial charge in [-0.3, -0.25) is 9.10 Å². The Hall–Kier alpha value is -2.87. The van der Waals surface area contributed by atoms with Crippen LogP contribution in [0.3, 0.4) is 0 Å². The van der Waals surface area contributed by atoms with Gasteiger partial charge in [-0.1, -0.05) is 79.5 Å². The third kappa shape index (κ3) is 6.35. The van der Waals surface area contributed by atoms with E-state index in [9.17, 15) is 13.2 Å². The van der Waals surface area contributed by atoms with Crippen molar-refractivity contribution in [3.63, 3.8) is 0 Å². The lowest BCUT2D eigenvalue weighted by atomic mass is 10.0. The first-order chi connectivity index (χ1) is 15.7. The quantitative estimate of drug-likeness (QED) is 0.327. The van der Waals surface area contributed by atoms with Gasteiger partial charge < -0.3 is 0 Å². The first-order valence-electron chi connectivity index (χ1n) is 10.1. The predicted molar refractivity (Wildman–Crippen MR) is 134 cm³/mol. The van der Waals surface area contributed by atoms with Crippen molar-refractivity contribution in [1.82, 2.24) is 5.43 Å². The molecule has 0 aliphatic carbocycles. The monoisotopic (exact) mass is 503 g/mol. The molecule has 0 aliphatic rings. The van der Waals surface area contributed by atoms with Gasteiger partial charge in [0.25, 0.3) is 15.9 Å². The summed E-state index contributed by atoms with van der Waals surface area (Å²) in [5, 5.41) is 4.40. The molecule has 1 N–H and O–H groups in total. The minimum atomic E-state index is -4.08.